The van der Waals surface area contributed by atoms with E-state index in [9.17, 15) is 13.6 Å². The molecule has 0 radical (unpaired) electrons. The zero-order valence-corrected chi connectivity index (χ0v) is 15.3. The van der Waals surface area contributed by atoms with Crippen molar-refractivity contribution in [1.82, 2.24) is 0 Å². The Balaban J connectivity index is 1.92. The minimum atomic E-state index is -3.71. The Kier molecular flexibility index (Phi) is 4.43. The fourth-order valence-electron chi connectivity index (χ4n) is 2.88. The zero-order chi connectivity index (χ0) is 19.3. The molecule has 1 aromatic carbocycles. The van der Waals surface area contributed by atoms with Crippen molar-refractivity contribution in [3.63, 3.8) is 0 Å². The van der Waals surface area contributed by atoms with Gasteiger partial charge in [-0.05, 0) is 45.4 Å². The summed E-state index contributed by atoms with van der Waals surface area (Å²) >= 11 is 0. The highest BCUT2D eigenvalue weighted by molar-refractivity contribution is 6.48. The van der Waals surface area contributed by atoms with Crippen LogP contribution in [0.5, 0.6) is 11.5 Å². The number of benzene rings is 1. The number of halogens is 2. The van der Waals surface area contributed by atoms with Crippen molar-refractivity contribution in [2.75, 3.05) is 7.11 Å². The molecule has 0 aromatic heterocycles. The van der Waals surface area contributed by atoms with E-state index in [-0.39, 0.29) is 17.9 Å². The van der Waals surface area contributed by atoms with Gasteiger partial charge in [-0.2, -0.15) is 0 Å². The molecule has 6 nitrogen and oxygen atoms in total. The Hall–Kier alpha value is -1.87. The Morgan fingerprint density at radius 1 is 1.12 bits per heavy atom. The first-order valence-electron chi connectivity index (χ1n) is 8.26. The molecular weight excluding hydrogens is 349 g/mol. The van der Waals surface area contributed by atoms with Crippen LogP contribution in [-0.2, 0) is 18.8 Å². The third-order valence-corrected chi connectivity index (χ3v) is 5.07. The van der Waals surface area contributed by atoms with Crippen molar-refractivity contribution >= 4 is 13.1 Å². The van der Waals surface area contributed by atoms with Gasteiger partial charge in [0.1, 0.15) is 0 Å². The van der Waals surface area contributed by atoms with Gasteiger partial charge in [0, 0.05) is 5.82 Å². The Morgan fingerprint density at radius 3 is 2.27 bits per heavy atom. The molecule has 3 rings (SSSR count). The van der Waals surface area contributed by atoms with Crippen LogP contribution < -0.4 is 9.47 Å². The summed E-state index contributed by atoms with van der Waals surface area (Å²) in [5.41, 5.74) is -0.654. The van der Waals surface area contributed by atoms with Crippen LogP contribution in [0.1, 0.15) is 45.5 Å². The summed E-state index contributed by atoms with van der Waals surface area (Å²) in [5, 5.41) is 0. The molecule has 9 heteroatoms. The maximum absolute atomic E-state index is 13.3. The van der Waals surface area contributed by atoms with Gasteiger partial charge < -0.3 is 23.5 Å². The third kappa shape index (κ3) is 3.37. The van der Waals surface area contributed by atoms with Gasteiger partial charge in [0.15, 0.2) is 11.5 Å². The van der Waals surface area contributed by atoms with Gasteiger partial charge in [-0.15, -0.1) is 8.78 Å². The molecular formula is C17H21BF2O6. The molecule has 1 aromatic rings. The average molecular weight is 370 g/mol. The number of hydrogen-bond acceptors (Lipinski definition) is 6. The average Bonchev–Trinajstić information content (AvgIpc) is 2.94. The lowest BCUT2D eigenvalue weighted by molar-refractivity contribution is -0.286. The molecule has 2 heterocycles. The summed E-state index contributed by atoms with van der Waals surface area (Å²) in [5.74, 6) is -1.19. The lowest BCUT2D eigenvalue weighted by Crippen LogP contribution is -2.41. The molecule has 1 unspecified atom stereocenters. The van der Waals surface area contributed by atoms with E-state index < -0.39 is 36.4 Å². The highest BCUT2D eigenvalue weighted by Crippen LogP contribution is 2.45. The van der Waals surface area contributed by atoms with E-state index in [0.717, 1.165) is 0 Å². The smallest absolute Gasteiger partial charge is 0.469 e. The number of esters is 1. The number of carbonyl (C=O) groups excluding carboxylic acids is 1. The van der Waals surface area contributed by atoms with Gasteiger partial charge in [-0.25, -0.2) is 0 Å². The van der Waals surface area contributed by atoms with Gasteiger partial charge in [0.25, 0.3) is 0 Å². The molecule has 2 aliphatic rings. The van der Waals surface area contributed by atoms with Gasteiger partial charge in [0.05, 0.1) is 24.7 Å². The molecule has 1 saturated heterocycles. The minimum absolute atomic E-state index is 0.0383. The SMILES string of the molecule is COC(=O)CC(B1OC(C)(C)C(C)(C)O1)c1ccc2c(c1)OC(F)(F)O2. The maximum Gasteiger partial charge on any atom is 0.586 e. The van der Waals surface area contributed by atoms with E-state index in [1.54, 1.807) is 6.07 Å². The fraction of sp³-hybridized carbons (Fsp3) is 0.588. The van der Waals surface area contributed by atoms with E-state index in [4.69, 9.17) is 14.0 Å². The van der Waals surface area contributed by atoms with Crippen LogP contribution in [0.2, 0.25) is 0 Å². The van der Waals surface area contributed by atoms with Gasteiger partial charge >= 0.3 is 19.4 Å². The largest absolute Gasteiger partial charge is 0.586 e. The predicted octanol–water partition coefficient (Wildman–Crippen LogP) is 3.29. The summed E-state index contributed by atoms with van der Waals surface area (Å²) in [6, 6.07) is 4.37. The number of alkyl halides is 2. The van der Waals surface area contributed by atoms with Crippen LogP contribution in [0.4, 0.5) is 8.78 Å². The molecule has 0 aliphatic carbocycles. The van der Waals surface area contributed by atoms with Crippen molar-refractivity contribution in [1.29, 1.82) is 0 Å². The monoisotopic (exact) mass is 370 g/mol. The number of rotatable bonds is 4. The minimum Gasteiger partial charge on any atom is -0.469 e. The Bertz CT molecular complexity index is 705. The summed E-state index contributed by atoms with van der Waals surface area (Å²) in [6.45, 7) is 7.57. The van der Waals surface area contributed by atoms with Crippen LogP contribution >= 0.6 is 0 Å². The number of methoxy groups -OCH3 is 1. The Labute approximate surface area is 150 Å². The normalized spacial score (nSPS) is 23.0. The highest BCUT2D eigenvalue weighted by Gasteiger charge is 2.54. The molecule has 0 bridgehead atoms. The topological polar surface area (TPSA) is 63.2 Å². The number of hydrogen-bond donors (Lipinski definition) is 0. The first kappa shape index (κ1) is 18.9. The number of carbonyl (C=O) groups is 1. The van der Waals surface area contributed by atoms with Crippen LogP contribution in [0.15, 0.2) is 18.2 Å². The van der Waals surface area contributed by atoms with Gasteiger partial charge in [-0.1, -0.05) is 6.07 Å². The van der Waals surface area contributed by atoms with Crippen molar-refractivity contribution in [2.45, 2.75) is 57.4 Å². The maximum atomic E-state index is 13.3. The van der Waals surface area contributed by atoms with Gasteiger partial charge in [-0.3, -0.25) is 4.79 Å². The second kappa shape index (κ2) is 6.09. The van der Waals surface area contributed by atoms with Crippen LogP contribution in [-0.4, -0.2) is 37.7 Å². The van der Waals surface area contributed by atoms with Crippen LogP contribution in [0, 0.1) is 0 Å². The molecule has 1 atom stereocenters. The lowest BCUT2D eigenvalue weighted by atomic mass is 9.66. The van der Waals surface area contributed by atoms with E-state index in [1.807, 2.05) is 27.7 Å². The van der Waals surface area contributed by atoms with Crippen molar-refractivity contribution < 1.29 is 37.1 Å². The molecule has 0 N–H and O–H groups in total. The molecule has 142 valence electrons. The molecule has 0 amide bonds. The first-order valence-corrected chi connectivity index (χ1v) is 8.26. The highest BCUT2D eigenvalue weighted by atomic mass is 19.3. The number of fused-ring (bicyclic) bond motifs is 1. The Morgan fingerprint density at radius 2 is 1.69 bits per heavy atom. The van der Waals surface area contributed by atoms with E-state index in [0.29, 0.717) is 5.56 Å². The molecule has 0 saturated carbocycles. The zero-order valence-electron chi connectivity index (χ0n) is 15.3. The molecule has 26 heavy (non-hydrogen) atoms. The summed E-state index contributed by atoms with van der Waals surface area (Å²) < 4.78 is 52.3. The number of ether oxygens (including phenoxy) is 3. The van der Waals surface area contributed by atoms with Crippen molar-refractivity contribution in [3.8, 4) is 11.5 Å². The fourth-order valence-corrected chi connectivity index (χ4v) is 2.88. The lowest BCUT2D eigenvalue weighted by Gasteiger charge is -2.32. The summed E-state index contributed by atoms with van der Waals surface area (Å²) in [7, 11) is 0.532. The molecule has 1 fully saturated rings. The van der Waals surface area contributed by atoms with Crippen molar-refractivity contribution in [3.05, 3.63) is 23.8 Å². The van der Waals surface area contributed by atoms with Crippen LogP contribution in [0.3, 0.4) is 0 Å². The summed E-state index contributed by atoms with van der Waals surface area (Å²) in [6.07, 6.45) is -3.74. The molecule has 0 spiro atoms. The quantitative estimate of drug-likeness (QED) is 0.599. The predicted molar refractivity (Wildman–Crippen MR) is 88.1 cm³/mol. The third-order valence-electron chi connectivity index (χ3n) is 5.07. The van der Waals surface area contributed by atoms with Crippen LogP contribution in [0.25, 0.3) is 0 Å². The summed E-state index contributed by atoms with van der Waals surface area (Å²) in [4.78, 5) is 11.9. The van der Waals surface area contributed by atoms with E-state index >= 15 is 0 Å². The second-order valence-electron chi connectivity index (χ2n) is 7.39. The van der Waals surface area contributed by atoms with Crippen molar-refractivity contribution in [2.24, 2.45) is 0 Å². The standard InChI is InChI=1S/C17H21BF2O6/c1-15(2)16(3,4)26-18(25-15)11(9-14(21)22-5)10-6-7-12-13(8-10)24-17(19,20)23-12/h6-8,11H,9H2,1-5H3. The second-order valence-corrected chi connectivity index (χ2v) is 7.39. The molecule has 2 aliphatic heterocycles. The van der Waals surface area contributed by atoms with Gasteiger partial charge in [0.2, 0.25) is 0 Å². The van der Waals surface area contributed by atoms with E-state index in [1.165, 1.54) is 19.2 Å². The van der Waals surface area contributed by atoms with E-state index in [2.05, 4.69) is 9.47 Å². The first-order chi connectivity index (χ1) is 11.9.